The molecule has 7 nitrogen and oxygen atoms in total. The highest BCUT2D eigenvalue weighted by Crippen LogP contribution is 2.39. The van der Waals surface area contributed by atoms with Crippen LogP contribution in [0.25, 0.3) is 11.3 Å². The molecule has 0 saturated carbocycles. The summed E-state index contributed by atoms with van der Waals surface area (Å²) in [6.45, 7) is 2.78. The first-order chi connectivity index (χ1) is 13.0. The standard InChI is InChI=1S/C19H15FN4O3/c1-12-2-3-15(20)14(8-12)16-10-17-18(11-22-16)27-7-6-23(17)13-4-5-21-19(9-13)24(25)26/h2-5,8-11H,6-7H2,1H3. The Balaban J connectivity index is 1.81. The van der Waals surface area contributed by atoms with Crippen LogP contribution < -0.4 is 9.64 Å². The predicted octanol–water partition coefficient (Wildman–Crippen LogP) is 4.03. The minimum absolute atomic E-state index is 0.237. The Morgan fingerprint density at radius 3 is 2.89 bits per heavy atom. The van der Waals surface area contributed by atoms with Crippen molar-refractivity contribution in [1.82, 2.24) is 9.97 Å². The van der Waals surface area contributed by atoms with E-state index in [1.54, 1.807) is 30.5 Å². The van der Waals surface area contributed by atoms with Gasteiger partial charge in [-0.25, -0.2) is 4.39 Å². The van der Waals surface area contributed by atoms with E-state index in [1.165, 1.54) is 18.3 Å². The second-order valence-corrected chi connectivity index (χ2v) is 6.15. The van der Waals surface area contributed by atoms with E-state index in [1.807, 2.05) is 11.8 Å². The van der Waals surface area contributed by atoms with Gasteiger partial charge in [0.05, 0.1) is 35.9 Å². The number of anilines is 2. The highest BCUT2D eigenvalue weighted by Gasteiger charge is 2.23. The van der Waals surface area contributed by atoms with Gasteiger partial charge in [-0.2, -0.15) is 0 Å². The molecule has 1 aliphatic heterocycles. The zero-order valence-corrected chi connectivity index (χ0v) is 14.4. The first kappa shape index (κ1) is 16.9. The fraction of sp³-hybridized carbons (Fsp3) is 0.158. The Hall–Kier alpha value is -3.55. The average molecular weight is 366 g/mol. The molecular weight excluding hydrogens is 351 g/mol. The van der Waals surface area contributed by atoms with Gasteiger partial charge in [0.15, 0.2) is 5.75 Å². The van der Waals surface area contributed by atoms with Crippen molar-refractivity contribution < 1.29 is 14.1 Å². The lowest BCUT2D eigenvalue weighted by Gasteiger charge is -2.31. The highest BCUT2D eigenvalue weighted by atomic mass is 19.1. The normalized spacial score (nSPS) is 13.0. The monoisotopic (exact) mass is 366 g/mol. The van der Waals surface area contributed by atoms with E-state index in [9.17, 15) is 14.5 Å². The number of nitrogens with zero attached hydrogens (tertiary/aromatic N) is 4. The Labute approximate surface area is 154 Å². The molecule has 0 spiro atoms. The molecule has 2 aromatic heterocycles. The van der Waals surface area contributed by atoms with E-state index >= 15 is 0 Å². The van der Waals surface area contributed by atoms with Crippen molar-refractivity contribution in [3.63, 3.8) is 0 Å². The van der Waals surface area contributed by atoms with Crippen molar-refractivity contribution in [2.75, 3.05) is 18.1 Å². The summed E-state index contributed by atoms with van der Waals surface area (Å²) in [7, 11) is 0. The van der Waals surface area contributed by atoms with Gasteiger partial charge in [-0.3, -0.25) is 4.98 Å². The molecule has 0 atom stereocenters. The lowest BCUT2D eigenvalue weighted by Crippen LogP contribution is -2.28. The van der Waals surface area contributed by atoms with Crippen LogP contribution in [0.5, 0.6) is 5.75 Å². The lowest BCUT2D eigenvalue weighted by molar-refractivity contribution is -0.389. The van der Waals surface area contributed by atoms with E-state index in [-0.39, 0.29) is 11.6 Å². The molecule has 3 aromatic rings. The van der Waals surface area contributed by atoms with E-state index < -0.39 is 4.92 Å². The molecule has 0 aliphatic carbocycles. The maximum Gasteiger partial charge on any atom is 0.365 e. The Kier molecular flexibility index (Phi) is 4.15. The number of ether oxygens (including phenoxy) is 1. The van der Waals surface area contributed by atoms with Gasteiger partial charge >= 0.3 is 5.82 Å². The van der Waals surface area contributed by atoms with Gasteiger partial charge in [0.1, 0.15) is 18.6 Å². The van der Waals surface area contributed by atoms with Crippen molar-refractivity contribution in [3.05, 3.63) is 70.3 Å². The SMILES string of the molecule is Cc1ccc(F)c(-c2cc3c(cn2)OCCN3c2ccnc([N+](=O)[O-])c2)c1. The molecule has 0 amide bonds. The summed E-state index contributed by atoms with van der Waals surface area (Å²) in [5.74, 6) is -0.0621. The Morgan fingerprint density at radius 1 is 1.22 bits per heavy atom. The molecule has 3 heterocycles. The van der Waals surface area contributed by atoms with Crippen molar-refractivity contribution in [1.29, 1.82) is 0 Å². The van der Waals surface area contributed by atoms with Crippen LogP contribution in [0.2, 0.25) is 0 Å². The van der Waals surface area contributed by atoms with Gasteiger partial charge in [-0.15, -0.1) is 0 Å². The molecule has 0 radical (unpaired) electrons. The number of pyridine rings is 2. The van der Waals surface area contributed by atoms with Gasteiger partial charge in [-0.1, -0.05) is 11.6 Å². The summed E-state index contributed by atoms with van der Waals surface area (Å²) in [6, 6.07) is 9.67. The first-order valence-corrected chi connectivity index (χ1v) is 8.30. The highest BCUT2D eigenvalue weighted by molar-refractivity contribution is 5.75. The van der Waals surface area contributed by atoms with Crippen LogP contribution in [0.3, 0.4) is 0 Å². The topological polar surface area (TPSA) is 81.4 Å². The second kappa shape index (κ2) is 6.64. The molecule has 0 bridgehead atoms. The molecule has 8 heteroatoms. The van der Waals surface area contributed by atoms with Crippen molar-refractivity contribution in [3.8, 4) is 17.0 Å². The fourth-order valence-corrected chi connectivity index (χ4v) is 3.05. The van der Waals surface area contributed by atoms with Crippen LogP contribution in [0.15, 0.2) is 48.8 Å². The summed E-state index contributed by atoms with van der Waals surface area (Å²) in [4.78, 5) is 20.5. The smallest absolute Gasteiger partial charge is 0.365 e. The average Bonchev–Trinajstić information content (AvgIpc) is 2.69. The molecule has 0 N–H and O–H groups in total. The Morgan fingerprint density at radius 2 is 2.07 bits per heavy atom. The quantitative estimate of drug-likeness (QED) is 0.514. The van der Waals surface area contributed by atoms with E-state index in [4.69, 9.17) is 4.74 Å². The molecule has 0 fully saturated rings. The number of nitro groups is 1. The summed E-state index contributed by atoms with van der Waals surface area (Å²) in [5.41, 5.74) is 3.07. The maximum atomic E-state index is 14.3. The number of benzene rings is 1. The minimum Gasteiger partial charge on any atom is -0.488 e. The summed E-state index contributed by atoms with van der Waals surface area (Å²) in [5, 5.41) is 11.0. The molecule has 27 heavy (non-hydrogen) atoms. The number of hydrogen-bond donors (Lipinski definition) is 0. The van der Waals surface area contributed by atoms with Crippen molar-refractivity contribution in [2.45, 2.75) is 6.92 Å². The summed E-state index contributed by atoms with van der Waals surface area (Å²) in [6.07, 6.45) is 2.94. The minimum atomic E-state index is -0.537. The molecular formula is C19H15FN4O3. The number of aromatic nitrogens is 2. The lowest BCUT2D eigenvalue weighted by atomic mass is 10.1. The van der Waals surface area contributed by atoms with E-state index in [0.29, 0.717) is 41.5 Å². The number of fused-ring (bicyclic) bond motifs is 1. The molecule has 0 unspecified atom stereocenters. The Bertz CT molecular complexity index is 1040. The van der Waals surface area contributed by atoms with Crippen LogP contribution >= 0.6 is 0 Å². The van der Waals surface area contributed by atoms with Gasteiger partial charge < -0.3 is 19.8 Å². The van der Waals surface area contributed by atoms with Gasteiger partial charge in [0.25, 0.3) is 0 Å². The molecule has 4 rings (SSSR count). The van der Waals surface area contributed by atoms with Crippen molar-refractivity contribution in [2.24, 2.45) is 0 Å². The number of aryl methyl sites for hydroxylation is 1. The number of hydrogen-bond acceptors (Lipinski definition) is 6. The third-order valence-electron chi connectivity index (χ3n) is 4.34. The zero-order valence-electron chi connectivity index (χ0n) is 14.4. The maximum absolute atomic E-state index is 14.3. The summed E-state index contributed by atoms with van der Waals surface area (Å²) < 4.78 is 19.9. The van der Waals surface area contributed by atoms with Crippen molar-refractivity contribution >= 4 is 17.2 Å². The molecule has 136 valence electrons. The van der Waals surface area contributed by atoms with Gasteiger partial charge in [0.2, 0.25) is 0 Å². The predicted molar refractivity (Wildman–Crippen MR) is 97.8 cm³/mol. The third kappa shape index (κ3) is 3.17. The fourth-order valence-electron chi connectivity index (χ4n) is 3.05. The number of rotatable bonds is 3. The van der Waals surface area contributed by atoms with Crippen LogP contribution in [-0.2, 0) is 0 Å². The third-order valence-corrected chi connectivity index (χ3v) is 4.34. The molecule has 0 saturated heterocycles. The second-order valence-electron chi connectivity index (χ2n) is 6.15. The zero-order chi connectivity index (χ0) is 19.0. The van der Waals surface area contributed by atoms with Crippen LogP contribution in [-0.4, -0.2) is 28.0 Å². The van der Waals surface area contributed by atoms with E-state index in [2.05, 4.69) is 9.97 Å². The molecule has 1 aliphatic rings. The van der Waals surface area contributed by atoms with Crippen LogP contribution in [0.1, 0.15) is 5.56 Å². The first-order valence-electron chi connectivity index (χ1n) is 8.30. The van der Waals surface area contributed by atoms with E-state index in [0.717, 1.165) is 5.56 Å². The molecule has 1 aromatic carbocycles. The number of halogens is 1. The van der Waals surface area contributed by atoms with Gasteiger partial charge in [-0.05, 0) is 35.0 Å². The van der Waals surface area contributed by atoms with Gasteiger partial charge in [0, 0.05) is 11.6 Å². The largest absolute Gasteiger partial charge is 0.488 e. The van der Waals surface area contributed by atoms with Crippen LogP contribution in [0, 0.1) is 22.9 Å². The van der Waals surface area contributed by atoms with Crippen LogP contribution in [0.4, 0.5) is 21.6 Å². The summed E-state index contributed by atoms with van der Waals surface area (Å²) >= 11 is 0.